The predicted octanol–water partition coefficient (Wildman–Crippen LogP) is -0.306. The van der Waals surface area contributed by atoms with Gasteiger partial charge in [-0.15, -0.1) is 0 Å². The summed E-state index contributed by atoms with van der Waals surface area (Å²) in [5, 5.41) is 11.3. The molecule has 0 saturated heterocycles. The van der Waals surface area contributed by atoms with Gasteiger partial charge >= 0.3 is 5.97 Å². The van der Waals surface area contributed by atoms with Gasteiger partial charge in [-0.25, -0.2) is 4.79 Å². The van der Waals surface area contributed by atoms with Crippen molar-refractivity contribution in [3.8, 4) is 0 Å². The number of ether oxygens (including phenoxy) is 1. The van der Waals surface area contributed by atoms with Crippen LogP contribution in [0.15, 0.2) is 18.3 Å². The standard InChI is InChI=1S/C10H13N3O4/c11-10(16)8-5-7(1-2-13-8)12-3-4-17-6-9(14)15/h1-2,5H,3-4,6H2,(H2,11,16)(H,12,13)(H,14,15). The van der Waals surface area contributed by atoms with Crippen molar-refractivity contribution in [1.82, 2.24) is 4.98 Å². The van der Waals surface area contributed by atoms with E-state index in [0.717, 1.165) is 0 Å². The number of hydrogen-bond acceptors (Lipinski definition) is 5. The number of rotatable bonds is 7. The van der Waals surface area contributed by atoms with E-state index in [2.05, 4.69) is 10.3 Å². The molecule has 0 bridgehead atoms. The molecular weight excluding hydrogens is 226 g/mol. The van der Waals surface area contributed by atoms with Crippen LogP contribution in [0.25, 0.3) is 0 Å². The maximum absolute atomic E-state index is 10.8. The fourth-order valence-electron chi connectivity index (χ4n) is 1.10. The van der Waals surface area contributed by atoms with Crippen molar-refractivity contribution in [1.29, 1.82) is 0 Å². The maximum atomic E-state index is 10.8. The molecule has 1 aromatic rings. The Kier molecular flexibility index (Phi) is 4.89. The normalized spacial score (nSPS) is 9.88. The molecule has 0 saturated carbocycles. The van der Waals surface area contributed by atoms with Crippen molar-refractivity contribution < 1.29 is 19.4 Å². The Morgan fingerprint density at radius 3 is 2.94 bits per heavy atom. The lowest BCUT2D eigenvalue weighted by atomic mass is 10.3. The molecule has 0 spiro atoms. The van der Waals surface area contributed by atoms with E-state index in [1.165, 1.54) is 12.3 Å². The first kappa shape index (κ1) is 12.9. The van der Waals surface area contributed by atoms with Gasteiger partial charge in [-0.1, -0.05) is 0 Å². The summed E-state index contributed by atoms with van der Waals surface area (Å²) >= 11 is 0. The second kappa shape index (κ2) is 6.44. The molecule has 1 rings (SSSR count). The van der Waals surface area contributed by atoms with Gasteiger partial charge in [-0.05, 0) is 12.1 Å². The van der Waals surface area contributed by atoms with Crippen LogP contribution in [0.3, 0.4) is 0 Å². The Morgan fingerprint density at radius 2 is 2.29 bits per heavy atom. The minimum Gasteiger partial charge on any atom is -0.480 e. The number of amides is 1. The largest absolute Gasteiger partial charge is 0.480 e. The van der Waals surface area contributed by atoms with Gasteiger partial charge in [-0.3, -0.25) is 9.78 Å². The minimum absolute atomic E-state index is 0.168. The van der Waals surface area contributed by atoms with E-state index in [-0.39, 0.29) is 18.9 Å². The third-order valence-electron chi connectivity index (χ3n) is 1.81. The number of nitrogens with two attached hydrogens (primary N) is 1. The average molecular weight is 239 g/mol. The smallest absolute Gasteiger partial charge is 0.329 e. The van der Waals surface area contributed by atoms with Gasteiger partial charge in [0, 0.05) is 18.4 Å². The van der Waals surface area contributed by atoms with E-state index in [4.69, 9.17) is 15.6 Å². The zero-order chi connectivity index (χ0) is 12.7. The highest BCUT2D eigenvalue weighted by Gasteiger charge is 2.02. The Bertz CT molecular complexity index is 408. The number of hydrogen-bond donors (Lipinski definition) is 3. The minimum atomic E-state index is -1.01. The molecule has 0 radical (unpaired) electrons. The summed E-state index contributed by atoms with van der Waals surface area (Å²) in [5.74, 6) is -1.61. The summed E-state index contributed by atoms with van der Waals surface area (Å²) in [4.78, 5) is 24.8. The number of primary amides is 1. The Labute approximate surface area is 97.6 Å². The Morgan fingerprint density at radius 1 is 1.53 bits per heavy atom. The second-order valence-electron chi connectivity index (χ2n) is 3.17. The number of carboxylic acid groups (broad SMARTS) is 1. The molecule has 92 valence electrons. The SMILES string of the molecule is NC(=O)c1cc(NCCOCC(=O)O)ccn1. The number of aromatic nitrogens is 1. The topological polar surface area (TPSA) is 115 Å². The van der Waals surface area contributed by atoms with Crippen molar-refractivity contribution in [2.45, 2.75) is 0 Å². The number of carbonyl (C=O) groups excluding carboxylic acids is 1. The lowest BCUT2D eigenvalue weighted by molar-refractivity contribution is -0.142. The van der Waals surface area contributed by atoms with Crippen LogP contribution in [-0.2, 0) is 9.53 Å². The zero-order valence-corrected chi connectivity index (χ0v) is 9.05. The average Bonchev–Trinajstić information content (AvgIpc) is 2.28. The molecule has 0 aromatic carbocycles. The molecule has 0 aliphatic heterocycles. The molecule has 0 fully saturated rings. The quantitative estimate of drug-likeness (QED) is 0.562. The van der Waals surface area contributed by atoms with Crippen LogP contribution in [0.5, 0.6) is 0 Å². The van der Waals surface area contributed by atoms with Crippen molar-refractivity contribution in [3.63, 3.8) is 0 Å². The Hall–Kier alpha value is -2.15. The summed E-state index contributed by atoms with van der Waals surface area (Å²) in [7, 11) is 0. The zero-order valence-electron chi connectivity index (χ0n) is 9.05. The fraction of sp³-hybridized carbons (Fsp3) is 0.300. The highest BCUT2D eigenvalue weighted by molar-refractivity contribution is 5.91. The number of aliphatic carboxylic acids is 1. The third-order valence-corrected chi connectivity index (χ3v) is 1.81. The van der Waals surface area contributed by atoms with Gasteiger partial charge in [-0.2, -0.15) is 0 Å². The molecule has 4 N–H and O–H groups in total. The monoisotopic (exact) mass is 239 g/mol. The molecule has 1 aromatic heterocycles. The van der Waals surface area contributed by atoms with Crippen LogP contribution < -0.4 is 11.1 Å². The molecule has 7 nitrogen and oxygen atoms in total. The van der Waals surface area contributed by atoms with E-state index in [0.29, 0.717) is 12.2 Å². The number of carbonyl (C=O) groups is 2. The van der Waals surface area contributed by atoms with Crippen LogP contribution in [0.2, 0.25) is 0 Å². The van der Waals surface area contributed by atoms with Crippen molar-refractivity contribution in [2.24, 2.45) is 5.73 Å². The van der Waals surface area contributed by atoms with Crippen LogP contribution in [-0.4, -0.2) is 41.7 Å². The third kappa shape index (κ3) is 4.94. The molecule has 0 aliphatic rings. The lowest BCUT2D eigenvalue weighted by Gasteiger charge is -2.06. The highest BCUT2D eigenvalue weighted by Crippen LogP contribution is 2.06. The molecule has 17 heavy (non-hydrogen) atoms. The number of nitrogens with zero attached hydrogens (tertiary/aromatic N) is 1. The van der Waals surface area contributed by atoms with Crippen molar-refractivity contribution >= 4 is 17.6 Å². The summed E-state index contributed by atoms with van der Waals surface area (Å²) in [6.45, 7) is 0.348. The number of carboxylic acids is 1. The van der Waals surface area contributed by atoms with Gasteiger partial charge in [0.1, 0.15) is 12.3 Å². The van der Waals surface area contributed by atoms with E-state index in [1.54, 1.807) is 6.07 Å². The maximum Gasteiger partial charge on any atom is 0.329 e. The first-order valence-electron chi connectivity index (χ1n) is 4.89. The molecule has 1 amide bonds. The van der Waals surface area contributed by atoms with Crippen LogP contribution in [0.1, 0.15) is 10.5 Å². The summed E-state index contributed by atoms with van der Waals surface area (Å²) in [5.41, 5.74) is 5.91. The van der Waals surface area contributed by atoms with E-state index in [1.807, 2.05) is 0 Å². The molecular formula is C10H13N3O4. The van der Waals surface area contributed by atoms with E-state index < -0.39 is 11.9 Å². The van der Waals surface area contributed by atoms with E-state index >= 15 is 0 Å². The number of anilines is 1. The lowest BCUT2D eigenvalue weighted by Crippen LogP contribution is -2.15. The van der Waals surface area contributed by atoms with Crippen LogP contribution in [0.4, 0.5) is 5.69 Å². The van der Waals surface area contributed by atoms with Gasteiger partial charge < -0.3 is 20.9 Å². The summed E-state index contributed by atoms with van der Waals surface area (Å²) < 4.78 is 4.83. The molecule has 1 heterocycles. The predicted molar refractivity (Wildman–Crippen MR) is 59.7 cm³/mol. The van der Waals surface area contributed by atoms with Gasteiger partial charge in [0.25, 0.3) is 5.91 Å². The van der Waals surface area contributed by atoms with Crippen LogP contribution >= 0.6 is 0 Å². The Balaban J connectivity index is 2.34. The van der Waals surface area contributed by atoms with Crippen LogP contribution in [0, 0.1) is 0 Å². The summed E-state index contributed by atoms with van der Waals surface area (Å²) in [6, 6.07) is 3.18. The molecule has 0 unspecified atom stereocenters. The van der Waals surface area contributed by atoms with Gasteiger partial charge in [0.2, 0.25) is 0 Å². The van der Waals surface area contributed by atoms with Crippen molar-refractivity contribution in [3.05, 3.63) is 24.0 Å². The second-order valence-corrected chi connectivity index (χ2v) is 3.17. The first-order valence-corrected chi connectivity index (χ1v) is 4.89. The molecule has 0 atom stereocenters. The van der Waals surface area contributed by atoms with Gasteiger partial charge in [0.15, 0.2) is 0 Å². The number of pyridine rings is 1. The molecule has 0 aliphatic carbocycles. The molecule has 7 heteroatoms. The highest BCUT2D eigenvalue weighted by atomic mass is 16.5. The fourth-order valence-corrected chi connectivity index (χ4v) is 1.10. The first-order chi connectivity index (χ1) is 8.09. The van der Waals surface area contributed by atoms with Crippen molar-refractivity contribution in [2.75, 3.05) is 25.1 Å². The van der Waals surface area contributed by atoms with Gasteiger partial charge in [0.05, 0.1) is 6.61 Å². The summed E-state index contributed by atoms with van der Waals surface area (Å²) in [6.07, 6.45) is 1.46. The number of nitrogens with one attached hydrogen (secondary N) is 1. The van der Waals surface area contributed by atoms with E-state index in [9.17, 15) is 9.59 Å².